The summed E-state index contributed by atoms with van der Waals surface area (Å²) in [5.74, 6) is -0.0458. The molecule has 2 aromatic heterocycles. The molecule has 1 N–H and O–H groups in total. The van der Waals surface area contributed by atoms with Crippen LogP contribution in [0.2, 0.25) is 0 Å². The lowest BCUT2D eigenvalue weighted by molar-refractivity contribution is -0.115. The van der Waals surface area contributed by atoms with Crippen molar-refractivity contribution in [2.75, 3.05) is 5.32 Å². The first-order valence-electron chi connectivity index (χ1n) is 7.19. The Balaban J connectivity index is 1.85. The van der Waals surface area contributed by atoms with Crippen LogP contribution in [0.25, 0.3) is 10.9 Å². The highest BCUT2D eigenvalue weighted by Crippen LogP contribution is 2.22. The Bertz CT molecular complexity index is 846. The second-order valence-corrected chi connectivity index (χ2v) is 5.37. The Morgan fingerprint density at radius 1 is 1.23 bits per heavy atom. The molecule has 0 unspecified atom stereocenters. The quantitative estimate of drug-likeness (QED) is 0.808. The Kier molecular flexibility index (Phi) is 3.63. The number of hydrogen-bond acceptors (Lipinski definition) is 3. The van der Waals surface area contributed by atoms with E-state index in [2.05, 4.69) is 15.4 Å². The van der Waals surface area contributed by atoms with E-state index in [1.807, 2.05) is 51.2 Å². The molecule has 0 radical (unpaired) electrons. The first kappa shape index (κ1) is 14.3. The smallest absolute Gasteiger partial charge is 0.228 e. The first-order valence-corrected chi connectivity index (χ1v) is 7.19. The summed E-state index contributed by atoms with van der Waals surface area (Å²) in [6.45, 7) is 3.90. The van der Waals surface area contributed by atoms with Crippen LogP contribution in [0.3, 0.4) is 0 Å². The Morgan fingerprint density at radius 2 is 2.05 bits per heavy atom. The molecule has 0 saturated heterocycles. The number of nitrogens with zero attached hydrogens (tertiary/aromatic N) is 3. The van der Waals surface area contributed by atoms with Gasteiger partial charge in [-0.25, -0.2) is 0 Å². The molecule has 0 fully saturated rings. The maximum absolute atomic E-state index is 12.4. The van der Waals surface area contributed by atoms with Gasteiger partial charge < -0.3 is 5.32 Å². The summed E-state index contributed by atoms with van der Waals surface area (Å²) in [6, 6.07) is 9.54. The number of aromatic nitrogens is 3. The molecule has 0 saturated carbocycles. The van der Waals surface area contributed by atoms with Crippen LogP contribution in [0.1, 0.15) is 17.0 Å². The van der Waals surface area contributed by atoms with E-state index in [4.69, 9.17) is 0 Å². The molecular formula is C17H18N4O. The van der Waals surface area contributed by atoms with Gasteiger partial charge in [0, 0.05) is 29.9 Å². The highest BCUT2D eigenvalue weighted by Gasteiger charge is 2.14. The summed E-state index contributed by atoms with van der Waals surface area (Å²) >= 11 is 0. The van der Waals surface area contributed by atoms with Crippen molar-refractivity contribution in [2.24, 2.45) is 7.05 Å². The van der Waals surface area contributed by atoms with E-state index < -0.39 is 0 Å². The van der Waals surface area contributed by atoms with Crippen molar-refractivity contribution in [3.8, 4) is 0 Å². The van der Waals surface area contributed by atoms with Crippen LogP contribution in [0.15, 0.2) is 36.5 Å². The van der Waals surface area contributed by atoms with E-state index in [1.165, 1.54) is 0 Å². The highest BCUT2D eigenvalue weighted by molar-refractivity contribution is 6.01. The first-order chi connectivity index (χ1) is 10.6. The van der Waals surface area contributed by atoms with Gasteiger partial charge in [-0.3, -0.25) is 14.5 Å². The number of fused-ring (bicyclic) bond motifs is 1. The second-order valence-electron chi connectivity index (χ2n) is 5.37. The zero-order valence-corrected chi connectivity index (χ0v) is 12.9. The van der Waals surface area contributed by atoms with Gasteiger partial charge in [-0.05, 0) is 38.1 Å². The lowest BCUT2D eigenvalue weighted by atomic mass is 10.1. The molecule has 112 valence electrons. The minimum absolute atomic E-state index is 0.0458. The topological polar surface area (TPSA) is 59.8 Å². The molecule has 0 bridgehead atoms. The number of benzene rings is 1. The lowest BCUT2D eigenvalue weighted by Crippen LogP contribution is -2.15. The molecule has 1 amide bonds. The summed E-state index contributed by atoms with van der Waals surface area (Å²) in [6.07, 6.45) is 2.07. The zero-order valence-electron chi connectivity index (χ0n) is 12.9. The fourth-order valence-electron chi connectivity index (χ4n) is 2.64. The average molecular weight is 294 g/mol. The number of anilines is 1. The van der Waals surface area contributed by atoms with Gasteiger partial charge in [0.1, 0.15) is 0 Å². The Hall–Kier alpha value is -2.69. The molecule has 0 aliphatic carbocycles. The van der Waals surface area contributed by atoms with Crippen molar-refractivity contribution in [2.45, 2.75) is 20.3 Å². The fourth-order valence-corrected chi connectivity index (χ4v) is 2.64. The van der Waals surface area contributed by atoms with Gasteiger partial charge in [-0.1, -0.05) is 6.07 Å². The average Bonchev–Trinajstić information content (AvgIpc) is 2.74. The largest absolute Gasteiger partial charge is 0.325 e. The van der Waals surface area contributed by atoms with Crippen molar-refractivity contribution < 1.29 is 4.79 Å². The number of aryl methyl sites for hydroxylation is 2. The fraction of sp³-hybridized carbons (Fsp3) is 0.235. The van der Waals surface area contributed by atoms with E-state index in [1.54, 1.807) is 10.9 Å². The monoisotopic (exact) mass is 294 g/mol. The van der Waals surface area contributed by atoms with Crippen LogP contribution in [0, 0.1) is 13.8 Å². The highest BCUT2D eigenvalue weighted by atomic mass is 16.1. The molecular weight excluding hydrogens is 276 g/mol. The zero-order chi connectivity index (χ0) is 15.7. The summed E-state index contributed by atoms with van der Waals surface area (Å²) in [5.41, 5.74) is 4.56. The summed E-state index contributed by atoms with van der Waals surface area (Å²) in [5, 5.41) is 8.27. The van der Waals surface area contributed by atoms with Gasteiger partial charge in [0.15, 0.2) is 0 Å². The number of amides is 1. The van der Waals surface area contributed by atoms with Gasteiger partial charge in [0.25, 0.3) is 0 Å². The number of carbonyl (C=O) groups is 1. The van der Waals surface area contributed by atoms with Crippen molar-refractivity contribution in [3.63, 3.8) is 0 Å². The molecule has 22 heavy (non-hydrogen) atoms. The molecule has 5 heteroatoms. The van der Waals surface area contributed by atoms with Gasteiger partial charge in [-0.15, -0.1) is 0 Å². The van der Waals surface area contributed by atoms with Gasteiger partial charge in [-0.2, -0.15) is 5.10 Å². The van der Waals surface area contributed by atoms with E-state index in [0.29, 0.717) is 6.42 Å². The molecule has 0 aliphatic heterocycles. The number of carbonyl (C=O) groups excluding carboxylic acids is 1. The van der Waals surface area contributed by atoms with Crippen LogP contribution >= 0.6 is 0 Å². The van der Waals surface area contributed by atoms with Gasteiger partial charge in [0.2, 0.25) is 5.91 Å². The third-order valence-corrected chi connectivity index (χ3v) is 3.92. The SMILES string of the molecule is Cc1nn(C)c(C)c1CC(=O)Nc1cccc2ncccc12. The van der Waals surface area contributed by atoms with Crippen LogP contribution in [0.5, 0.6) is 0 Å². The standard InChI is InChI=1S/C17H18N4O/c1-11-14(12(2)21(3)20-11)10-17(22)19-16-8-4-7-15-13(16)6-5-9-18-15/h4-9H,10H2,1-3H3,(H,19,22). The Labute approximate surface area is 129 Å². The van der Waals surface area contributed by atoms with E-state index in [0.717, 1.165) is 33.5 Å². The minimum atomic E-state index is -0.0458. The predicted octanol–water partition coefficient (Wildman–Crippen LogP) is 2.77. The summed E-state index contributed by atoms with van der Waals surface area (Å²) in [7, 11) is 1.89. The van der Waals surface area contributed by atoms with Gasteiger partial charge >= 0.3 is 0 Å². The number of pyridine rings is 1. The third-order valence-electron chi connectivity index (χ3n) is 3.92. The predicted molar refractivity (Wildman–Crippen MR) is 86.8 cm³/mol. The summed E-state index contributed by atoms with van der Waals surface area (Å²) in [4.78, 5) is 16.7. The number of hydrogen-bond donors (Lipinski definition) is 1. The number of nitrogens with one attached hydrogen (secondary N) is 1. The third kappa shape index (κ3) is 2.57. The van der Waals surface area contributed by atoms with E-state index >= 15 is 0 Å². The summed E-state index contributed by atoms with van der Waals surface area (Å²) < 4.78 is 1.81. The molecule has 3 aromatic rings. The molecule has 1 aromatic carbocycles. The van der Waals surface area contributed by atoms with Crippen molar-refractivity contribution in [3.05, 3.63) is 53.5 Å². The molecule has 3 rings (SSSR count). The Morgan fingerprint density at radius 3 is 2.77 bits per heavy atom. The second kappa shape index (κ2) is 5.60. The van der Waals surface area contributed by atoms with Crippen LogP contribution in [0.4, 0.5) is 5.69 Å². The molecule has 0 atom stereocenters. The van der Waals surface area contributed by atoms with Crippen LogP contribution in [-0.2, 0) is 18.3 Å². The molecule has 0 spiro atoms. The molecule has 2 heterocycles. The van der Waals surface area contributed by atoms with Crippen molar-refractivity contribution >= 4 is 22.5 Å². The number of rotatable bonds is 3. The van der Waals surface area contributed by atoms with Crippen molar-refractivity contribution in [1.29, 1.82) is 0 Å². The van der Waals surface area contributed by atoms with Crippen LogP contribution < -0.4 is 5.32 Å². The lowest BCUT2D eigenvalue weighted by Gasteiger charge is -2.08. The van der Waals surface area contributed by atoms with Gasteiger partial charge in [0.05, 0.1) is 23.3 Å². The normalized spacial score (nSPS) is 10.9. The minimum Gasteiger partial charge on any atom is -0.325 e. The van der Waals surface area contributed by atoms with Crippen molar-refractivity contribution in [1.82, 2.24) is 14.8 Å². The molecule has 5 nitrogen and oxygen atoms in total. The molecule has 0 aliphatic rings. The maximum Gasteiger partial charge on any atom is 0.228 e. The van der Waals surface area contributed by atoms with E-state index in [-0.39, 0.29) is 5.91 Å². The maximum atomic E-state index is 12.4. The van der Waals surface area contributed by atoms with Crippen LogP contribution in [-0.4, -0.2) is 20.7 Å². The van der Waals surface area contributed by atoms with E-state index in [9.17, 15) is 4.79 Å².